The summed E-state index contributed by atoms with van der Waals surface area (Å²) in [5, 5.41) is 3.38. The predicted molar refractivity (Wildman–Crippen MR) is 88.9 cm³/mol. The first kappa shape index (κ1) is 12.5. The van der Waals surface area contributed by atoms with Gasteiger partial charge in [0.2, 0.25) is 0 Å². The number of hydrogen-bond donors (Lipinski definition) is 0. The maximum absolute atomic E-state index is 12.6. The molecule has 1 nitrogen and oxygen atoms in total. The van der Waals surface area contributed by atoms with Crippen LogP contribution in [-0.4, -0.2) is 5.78 Å². The molecule has 0 unspecified atom stereocenters. The molecule has 0 N–H and O–H groups in total. The lowest BCUT2D eigenvalue weighted by Crippen LogP contribution is -2.13. The molecular weight excluding hydrogens is 276 g/mol. The second-order valence-corrected chi connectivity index (χ2v) is 6.25. The van der Waals surface area contributed by atoms with Gasteiger partial charge in [-0.05, 0) is 46.9 Å². The normalized spacial score (nSPS) is 16.4. The highest BCUT2D eigenvalue weighted by atomic mass is 32.1. The molecule has 3 aromatic rings. The zero-order valence-corrected chi connectivity index (χ0v) is 12.3. The Morgan fingerprint density at radius 3 is 2.71 bits per heavy atom. The van der Waals surface area contributed by atoms with E-state index in [2.05, 4.69) is 41.8 Å². The second kappa shape index (κ2) is 4.97. The standard InChI is InChI=1S/C19H14OS/c20-19-14(10-9-13-5-1-2-7-17(13)19)11-15-12-21-18-8-4-3-6-16(15)18/h1-8,11-12H,9-10H2. The second-order valence-electron chi connectivity index (χ2n) is 5.34. The molecule has 2 heteroatoms. The van der Waals surface area contributed by atoms with Crippen molar-refractivity contribution >= 4 is 33.3 Å². The van der Waals surface area contributed by atoms with Crippen LogP contribution in [-0.2, 0) is 6.42 Å². The van der Waals surface area contributed by atoms with E-state index in [-0.39, 0.29) is 5.78 Å². The molecule has 2 aromatic carbocycles. The first-order valence-electron chi connectivity index (χ1n) is 7.12. The smallest absolute Gasteiger partial charge is 0.189 e. The lowest BCUT2D eigenvalue weighted by Gasteiger charge is -2.17. The summed E-state index contributed by atoms with van der Waals surface area (Å²) < 4.78 is 1.27. The minimum atomic E-state index is 0.187. The van der Waals surface area contributed by atoms with Gasteiger partial charge in [-0.1, -0.05) is 42.5 Å². The molecule has 21 heavy (non-hydrogen) atoms. The van der Waals surface area contributed by atoms with Crippen molar-refractivity contribution in [3.63, 3.8) is 0 Å². The van der Waals surface area contributed by atoms with Crippen molar-refractivity contribution in [2.24, 2.45) is 0 Å². The van der Waals surface area contributed by atoms with E-state index >= 15 is 0 Å². The van der Waals surface area contributed by atoms with Crippen LogP contribution in [0.3, 0.4) is 0 Å². The van der Waals surface area contributed by atoms with Crippen molar-refractivity contribution in [3.8, 4) is 0 Å². The minimum absolute atomic E-state index is 0.187. The van der Waals surface area contributed by atoms with Crippen molar-refractivity contribution < 1.29 is 4.79 Å². The van der Waals surface area contributed by atoms with Crippen LogP contribution in [0.4, 0.5) is 0 Å². The SMILES string of the molecule is O=C1C(=Cc2csc3ccccc23)CCc2ccccc21. The fourth-order valence-electron chi connectivity index (χ4n) is 2.95. The molecule has 1 aliphatic carbocycles. The summed E-state index contributed by atoms with van der Waals surface area (Å²) in [5.74, 6) is 0.187. The first-order valence-corrected chi connectivity index (χ1v) is 8.00. The van der Waals surface area contributed by atoms with Gasteiger partial charge in [0.05, 0.1) is 0 Å². The summed E-state index contributed by atoms with van der Waals surface area (Å²) in [4.78, 5) is 12.6. The highest BCUT2D eigenvalue weighted by molar-refractivity contribution is 7.17. The summed E-state index contributed by atoms with van der Waals surface area (Å²) in [5.41, 5.74) is 4.14. The molecule has 102 valence electrons. The molecular formula is C19H14OS. The molecule has 1 aromatic heterocycles. The number of ketones is 1. The van der Waals surface area contributed by atoms with Crippen LogP contribution in [0.15, 0.2) is 59.5 Å². The number of allylic oxidation sites excluding steroid dienone is 1. The zero-order valence-electron chi connectivity index (χ0n) is 11.5. The van der Waals surface area contributed by atoms with Crippen molar-refractivity contribution in [2.45, 2.75) is 12.8 Å². The number of thiophene rings is 1. The van der Waals surface area contributed by atoms with Gasteiger partial charge in [0.25, 0.3) is 0 Å². The van der Waals surface area contributed by atoms with Gasteiger partial charge in [-0.3, -0.25) is 4.79 Å². The third-order valence-corrected chi connectivity index (χ3v) is 5.04. The summed E-state index contributed by atoms with van der Waals surface area (Å²) in [6.45, 7) is 0. The van der Waals surface area contributed by atoms with E-state index in [4.69, 9.17) is 0 Å². The molecule has 4 rings (SSSR count). The van der Waals surface area contributed by atoms with E-state index in [0.29, 0.717) is 0 Å². The lowest BCUT2D eigenvalue weighted by molar-refractivity contribution is 0.102. The fourth-order valence-corrected chi connectivity index (χ4v) is 3.87. The maximum atomic E-state index is 12.6. The Kier molecular flexibility index (Phi) is 2.97. The van der Waals surface area contributed by atoms with Crippen molar-refractivity contribution in [1.82, 2.24) is 0 Å². The Hall–Kier alpha value is -2.19. The topological polar surface area (TPSA) is 17.1 Å². The van der Waals surface area contributed by atoms with Gasteiger partial charge in [-0.15, -0.1) is 11.3 Å². The van der Waals surface area contributed by atoms with Crippen LogP contribution in [0.2, 0.25) is 0 Å². The number of Topliss-reactive ketones (excluding diaryl/α,β-unsaturated/α-hetero) is 1. The van der Waals surface area contributed by atoms with Gasteiger partial charge >= 0.3 is 0 Å². The Balaban J connectivity index is 1.79. The molecule has 1 heterocycles. The van der Waals surface area contributed by atoms with Crippen LogP contribution in [0.1, 0.15) is 27.9 Å². The summed E-state index contributed by atoms with van der Waals surface area (Å²) in [6, 6.07) is 16.3. The highest BCUT2D eigenvalue weighted by Gasteiger charge is 2.21. The van der Waals surface area contributed by atoms with Crippen molar-refractivity contribution in [1.29, 1.82) is 0 Å². The average Bonchev–Trinajstić information content (AvgIpc) is 2.94. The molecule has 0 fully saturated rings. The molecule has 1 aliphatic rings. The number of carbonyl (C=O) groups is 1. The third kappa shape index (κ3) is 2.12. The van der Waals surface area contributed by atoms with Crippen molar-refractivity contribution in [3.05, 3.63) is 76.2 Å². The Labute approximate surface area is 127 Å². The zero-order chi connectivity index (χ0) is 14.2. The molecule has 0 bridgehead atoms. The number of rotatable bonds is 1. The van der Waals surface area contributed by atoms with Gasteiger partial charge in [-0.2, -0.15) is 0 Å². The summed E-state index contributed by atoms with van der Waals surface area (Å²) >= 11 is 1.73. The van der Waals surface area contributed by atoms with E-state index in [1.165, 1.54) is 21.2 Å². The number of fused-ring (bicyclic) bond motifs is 2. The fraction of sp³-hybridized carbons (Fsp3) is 0.105. The van der Waals surface area contributed by atoms with Crippen LogP contribution in [0.5, 0.6) is 0 Å². The van der Waals surface area contributed by atoms with Gasteiger partial charge in [0, 0.05) is 15.8 Å². The molecule has 0 spiro atoms. The van der Waals surface area contributed by atoms with Crippen LogP contribution < -0.4 is 0 Å². The predicted octanol–water partition coefficient (Wildman–Crippen LogP) is 5.11. The Morgan fingerprint density at radius 1 is 0.952 bits per heavy atom. The van der Waals surface area contributed by atoms with Gasteiger partial charge in [0.1, 0.15) is 0 Å². The van der Waals surface area contributed by atoms with Gasteiger partial charge < -0.3 is 0 Å². The number of hydrogen-bond acceptors (Lipinski definition) is 2. The Bertz CT molecular complexity index is 870. The van der Waals surface area contributed by atoms with E-state index in [1.54, 1.807) is 11.3 Å². The molecule has 0 saturated heterocycles. The summed E-state index contributed by atoms with van der Waals surface area (Å²) in [6.07, 6.45) is 3.87. The van der Waals surface area contributed by atoms with Gasteiger partial charge in [0.15, 0.2) is 5.78 Å². The van der Waals surface area contributed by atoms with Crippen LogP contribution in [0.25, 0.3) is 16.2 Å². The number of benzene rings is 2. The number of carbonyl (C=O) groups excluding carboxylic acids is 1. The molecule has 0 atom stereocenters. The van der Waals surface area contributed by atoms with Crippen molar-refractivity contribution in [2.75, 3.05) is 0 Å². The minimum Gasteiger partial charge on any atom is -0.289 e. The lowest BCUT2D eigenvalue weighted by atomic mass is 9.86. The molecule has 0 aliphatic heterocycles. The van der Waals surface area contributed by atoms with E-state index in [9.17, 15) is 4.79 Å². The third-order valence-electron chi connectivity index (χ3n) is 4.06. The molecule has 0 saturated carbocycles. The molecule has 0 radical (unpaired) electrons. The van der Waals surface area contributed by atoms with E-state index in [0.717, 1.165) is 24.0 Å². The van der Waals surface area contributed by atoms with Gasteiger partial charge in [-0.25, -0.2) is 0 Å². The first-order chi connectivity index (χ1) is 10.3. The summed E-state index contributed by atoms with van der Waals surface area (Å²) in [7, 11) is 0. The quantitative estimate of drug-likeness (QED) is 0.569. The molecule has 0 amide bonds. The highest BCUT2D eigenvalue weighted by Crippen LogP contribution is 2.31. The number of aryl methyl sites for hydroxylation is 1. The van der Waals surface area contributed by atoms with Crippen LogP contribution >= 0.6 is 11.3 Å². The van der Waals surface area contributed by atoms with E-state index < -0.39 is 0 Å². The van der Waals surface area contributed by atoms with E-state index in [1.807, 2.05) is 18.2 Å². The van der Waals surface area contributed by atoms with Crippen LogP contribution in [0, 0.1) is 0 Å². The maximum Gasteiger partial charge on any atom is 0.189 e. The average molecular weight is 290 g/mol. The Morgan fingerprint density at radius 2 is 1.76 bits per heavy atom. The monoisotopic (exact) mass is 290 g/mol. The largest absolute Gasteiger partial charge is 0.289 e.